The standard InChI is InChI=1S/3C7H6BrO.Bi/c3*1-9-7-4-2-6(8)3-5-7;/h3*2,4-5H,1H3;. The summed E-state index contributed by atoms with van der Waals surface area (Å²) in [7, 11) is 5.08. The average molecular weight is 767 g/mol. The maximum atomic E-state index is 5.52. The van der Waals surface area contributed by atoms with E-state index in [1.807, 2.05) is 18.2 Å². The second-order valence-corrected chi connectivity index (χ2v) is 16.6. The first-order valence-electron chi connectivity index (χ1n) is 8.29. The van der Waals surface area contributed by atoms with E-state index in [0.717, 1.165) is 30.7 Å². The van der Waals surface area contributed by atoms with Gasteiger partial charge in [0.15, 0.2) is 0 Å². The van der Waals surface area contributed by atoms with E-state index < -0.39 is 21.8 Å². The Hall–Kier alpha value is -0.617. The zero-order chi connectivity index (χ0) is 20.3. The van der Waals surface area contributed by atoms with Gasteiger partial charge in [-0.2, -0.15) is 0 Å². The minimum absolute atomic E-state index is 0.844. The Morgan fingerprint density at radius 2 is 0.821 bits per heavy atom. The second-order valence-electron chi connectivity index (χ2n) is 5.79. The molecule has 7 heteroatoms. The molecule has 0 spiro atoms. The Balaban J connectivity index is 2.33. The van der Waals surface area contributed by atoms with Crippen molar-refractivity contribution < 1.29 is 14.2 Å². The van der Waals surface area contributed by atoms with Crippen molar-refractivity contribution in [2.75, 3.05) is 21.3 Å². The van der Waals surface area contributed by atoms with Crippen molar-refractivity contribution in [2.24, 2.45) is 0 Å². The summed E-state index contributed by atoms with van der Waals surface area (Å²) in [6.07, 6.45) is 0. The van der Waals surface area contributed by atoms with Crippen molar-refractivity contribution in [2.45, 2.75) is 0 Å². The normalized spacial score (nSPS) is 10.8. The number of methoxy groups -OCH3 is 3. The molecule has 0 aliphatic rings. The van der Waals surface area contributed by atoms with Crippen LogP contribution in [0, 0.1) is 0 Å². The van der Waals surface area contributed by atoms with E-state index >= 15 is 0 Å². The summed E-state index contributed by atoms with van der Waals surface area (Å²) in [6.45, 7) is 0. The van der Waals surface area contributed by atoms with Gasteiger partial charge in [0.1, 0.15) is 0 Å². The molecule has 0 atom stereocenters. The Labute approximate surface area is 198 Å². The van der Waals surface area contributed by atoms with Gasteiger partial charge in [-0.3, -0.25) is 0 Å². The molecule has 28 heavy (non-hydrogen) atoms. The first-order chi connectivity index (χ1) is 13.5. The number of hydrogen-bond donors (Lipinski definition) is 0. The van der Waals surface area contributed by atoms with E-state index in [1.165, 1.54) is 9.81 Å². The fourth-order valence-corrected chi connectivity index (χ4v) is 17.5. The van der Waals surface area contributed by atoms with Gasteiger partial charge in [0.05, 0.1) is 0 Å². The molecular formula is C21H18BiBr3O3. The number of hydrogen-bond acceptors (Lipinski definition) is 3. The molecule has 0 radical (unpaired) electrons. The van der Waals surface area contributed by atoms with Gasteiger partial charge >= 0.3 is 200 Å². The van der Waals surface area contributed by atoms with Gasteiger partial charge in [-0.1, -0.05) is 0 Å². The Morgan fingerprint density at radius 3 is 1.07 bits per heavy atom. The molecular weight excluding hydrogens is 749 g/mol. The van der Waals surface area contributed by atoms with E-state index in [2.05, 4.69) is 84.2 Å². The molecule has 0 aromatic heterocycles. The van der Waals surface area contributed by atoms with Gasteiger partial charge in [0, 0.05) is 0 Å². The summed E-state index contributed by atoms with van der Waals surface area (Å²) >= 11 is 8.54. The monoisotopic (exact) mass is 764 g/mol. The van der Waals surface area contributed by atoms with Crippen molar-refractivity contribution in [1.29, 1.82) is 0 Å². The third-order valence-electron chi connectivity index (χ3n) is 4.18. The molecule has 0 bridgehead atoms. The van der Waals surface area contributed by atoms with Gasteiger partial charge in [-0.25, -0.2) is 0 Å². The van der Waals surface area contributed by atoms with Gasteiger partial charge < -0.3 is 0 Å². The molecule has 3 nitrogen and oxygen atoms in total. The zero-order valence-corrected chi connectivity index (χ0v) is 23.7. The summed E-state index contributed by atoms with van der Waals surface area (Å²) in [5, 5.41) is 0. The molecule has 3 aromatic rings. The van der Waals surface area contributed by atoms with Gasteiger partial charge in [-0.05, 0) is 0 Å². The molecule has 3 aromatic carbocycles. The molecule has 0 aliphatic heterocycles. The summed E-state index contributed by atoms with van der Waals surface area (Å²) in [5.74, 6) is 2.53. The van der Waals surface area contributed by atoms with Crippen LogP contribution in [0.2, 0.25) is 0 Å². The van der Waals surface area contributed by atoms with Crippen molar-refractivity contribution in [3.8, 4) is 17.2 Å². The van der Waals surface area contributed by atoms with Crippen molar-refractivity contribution in [1.82, 2.24) is 0 Å². The summed E-state index contributed by atoms with van der Waals surface area (Å²) < 4.78 is 23.6. The van der Waals surface area contributed by atoms with Crippen molar-refractivity contribution >= 4 is 79.4 Å². The van der Waals surface area contributed by atoms with E-state index in [9.17, 15) is 0 Å². The molecule has 0 N–H and O–H groups in total. The predicted molar refractivity (Wildman–Crippen MR) is 127 cm³/mol. The summed E-state index contributed by atoms with van der Waals surface area (Å²) in [5.41, 5.74) is 0. The minimum atomic E-state index is -2.79. The van der Waals surface area contributed by atoms with Crippen LogP contribution in [0.4, 0.5) is 0 Å². The van der Waals surface area contributed by atoms with Gasteiger partial charge in [-0.15, -0.1) is 0 Å². The maximum absolute atomic E-state index is 5.52. The third-order valence-corrected chi connectivity index (χ3v) is 19.9. The van der Waals surface area contributed by atoms with Crippen LogP contribution >= 0.6 is 47.8 Å². The van der Waals surface area contributed by atoms with Crippen LogP contribution in [0.3, 0.4) is 0 Å². The van der Waals surface area contributed by atoms with Crippen molar-refractivity contribution in [3.63, 3.8) is 0 Å². The van der Waals surface area contributed by atoms with E-state index in [4.69, 9.17) is 14.2 Å². The number of ether oxygens (including phenoxy) is 3. The summed E-state index contributed by atoms with van der Waals surface area (Å²) in [4.78, 5) is 0. The molecule has 0 unspecified atom stereocenters. The van der Waals surface area contributed by atoms with Crippen molar-refractivity contribution in [3.05, 3.63) is 68.0 Å². The van der Waals surface area contributed by atoms with Gasteiger partial charge in [0.25, 0.3) is 0 Å². The van der Waals surface area contributed by atoms with Crippen LogP contribution in [0.15, 0.2) is 68.0 Å². The van der Waals surface area contributed by atoms with Gasteiger partial charge in [0.2, 0.25) is 0 Å². The average Bonchev–Trinajstić information content (AvgIpc) is 2.72. The second kappa shape index (κ2) is 9.93. The van der Waals surface area contributed by atoms with Crippen LogP contribution in [-0.4, -0.2) is 43.1 Å². The number of benzene rings is 3. The summed E-state index contributed by atoms with van der Waals surface area (Å²) in [6, 6.07) is 18.5. The van der Waals surface area contributed by atoms with E-state index in [-0.39, 0.29) is 0 Å². The van der Waals surface area contributed by atoms with Crippen LogP contribution in [0.1, 0.15) is 0 Å². The van der Waals surface area contributed by atoms with Crippen LogP contribution in [0.5, 0.6) is 17.2 Å². The molecule has 3 rings (SSSR count). The Bertz CT molecular complexity index is 867. The molecule has 0 amide bonds. The molecule has 0 saturated heterocycles. The Morgan fingerprint density at radius 1 is 0.536 bits per heavy atom. The molecule has 0 fully saturated rings. The SMILES string of the molecule is COc1ccc(Br)[c]([Bi]([c]2cc(OC)ccc2Br)[c]2cc(OC)ccc2Br)c1. The molecule has 0 saturated carbocycles. The fourth-order valence-electron chi connectivity index (χ4n) is 2.76. The number of rotatable bonds is 6. The molecule has 0 heterocycles. The Kier molecular flexibility index (Phi) is 7.83. The van der Waals surface area contributed by atoms with E-state index in [1.54, 1.807) is 21.3 Å². The molecule has 0 aliphatic carbocycles. The van der Waals surface area contributed by atoms with Crippen LogP contribution in [-0.2, 0) is 0 Å². The zero-order valence-electron chi connectivity index (χ0n) is 15.5. The first kappa shape index (κ1) is 22.1. The third kappa shape index (κ3) is 4.75. The first-order valence-corrected chi connectivity index (χ1v) is 15.9. The van der Waals surface area contributed by atoms with Crippen LogP contribution in [0.25, 0.3) is 0 Å². The quantitative estimate of drug-likeness (QED) is 0.346. The fraction of sp³-hybridized carbons (Fsp3) is 0.143. The topological polar surface area (TPSA) is 27.7 Å². The number of halogens is 3. The molecule has 146 valence electrons. The predicted octanol–water partition coefficient (Wildman–Crippen LogP) is 4.52. The van der Waals surface area contributed by atoms with E-state index in [0.29, 0.717) is 0 Å². The van der Waals surface area contributed by atoms with Crippen LogP contribution < -0.4 is 24.0 Å².